The maximum Gasteiger partial charge on any atom is 0.573 e. The van der Waals surface area contributed by atoms with Gasteiger partial charge in [-0.15, -0.1) is 13.2 Å². The highest BCUT2D eigenvalue weighted by Crippen LogP contribution is 2.32. The van der Waals surface area contributed by atoms with E-state index in [0.29, 0.717) is 12.2 Å². The van der Waals surface area contributed by atoms with E-state index in [4.69, 9.17) is 5.73 Å². The van der Waals surface area contributed by atoms with Gasteiger partial charge in [-0.25, -0.2) is 0 Å². The van der Waals surface area contributed by atoms with Crippen molar-refractivity contribution in [2.75, 3.05) is 11.9 Å². The van der Waals surface area contributed by atoms with Gasteiger partial charge < -0.3 is 15.8 Å². The van der Waals surface area contributed by atoms with E-state index in [9.17, 15) is 18.0 Å². The fourth-order valence-corrected chi connectivity index (χ4v) is 2.64. The third-order valence-electron chi connectivity index (χ3n) is 3.65. The van der Waals surface area contributed by atoms with Crippen LogP contribution in [-0.2, 0) is 4.79 Å². The summed E-state index contributed by atoms with van der Waals surface area (Å²) < 4.78 is 39.9. The zero-order valence-corrected chi connectivity index (χ0v) is 11.3. The van der Waals surface area contributed by atoms with Crippen LogP contribution >= 0.6 is 0 Å². The highest BCUT2D eigenvalue weighted by Gasteiger charge is 2.32. The molecule has 2 unspecified atom stereocenters. The van der Waals surface area contributed by atoms with Gasteiger partial charge in [-0.2, -0.15) is 0 Å². The van der Waals surface area contributed by atoms with Crippen LogP contribution in [0.15, 0.2) is 24.3 Å². The molecule has 116 valence electrons. The first-order valence-corrected chi connectivity index (χ1v) is 6.76. The largest absolute Gasteiger partial charge is 0.573 e. The van der Waals surface area contributed by atoms with Crippen LogP contribution in [-0.4, -0.2) is 18.8 Å². The minimum Gasteiger partial charge on any atom is -0.406 e. The Balaban J connectivity index is 1.95. The Morgan fingerprint density at radius 2 is 1.95 bits per heavy atom. The lowest BCUT2D eigenvalue weighted by molar-refractivity contribution is -0.274. The molecule has 2 rings (SSSR count). The first-order valence-electron chi connectivity index (χ1n) is 6.76. The molecule has 1 amide bonds. The van der Waals surface area contributed by atoms with Crippen molar-refractivity contribution in [1.82, 2.24) is 0 Å². The summed E-state index contributed by atoms with van der Waals surface area (Å²) >= 11 is 0. The van der Waals surface area contributed by atoms with Crippen LogP contribution in [0.5, 0.6) is 5.75 Å². The van der Waals surface area contributed by atoms with Gasteiger partial charge in [0.15, 0.2) is 0 Å². The number of carbonyl (C=O) groups is 1. The lowest BCUT2D eigenvalue weighted by Crippen LogP contribution is -2.29. The second-order valence-electron chi connectivity index (χ2n) is 5.09. The van der Waals surface area contributed by atoms with Crippen LogP contribution in [0.2, 0.25) is 0 Å². The molecule has 0 aliphatic heterocycles. The van der Waals surface area contributed by atoms with Gasteiger partial charge >= 0.3 is 6.36 Å². The van der Waals surface area contributed by atoms with Crippen LogP contribution in [0.1, 0.15) is 19.3 Å². The van der Waals surface area contributed by atoms with Gasteiger partial charge in [0.05, 0.1) is 0 Å². The van der Waals surface area contributed by atoms with Crippen molar-refractivity contribution in [3.8, 4) is 5.75 Å². The van der Waals surface area contributed by atoms with Gasteiger partial charge in [-0.05, 0) is 49.6 Å². The minimum absolute atomic E-state index is 0.124. The Hall–Kier alpha value is -1.76. The molecule has 4 nitrogen and oxygen atoms in total. The second-order valence-corrected chi connectivity index (χ2v) is 5.09. The summed E-state index contributed by atoms with van der Waals surface area (Å²) in [6, 6.07) is 5.09. The SMILES string of the molecule is NCC1CCCC1C(=O)Nc1ccc(OC(F)(F)F)cc1. The van der Waals surface area contributed by atoms with E-state index in [2.05, 4.69) is 10.1 Å². The minimum atomic E-state index is -4.72. The van der Waals surface area contributed by atoms with Crippen LogP contribution in [0.25, 0.3) is 0 Å². The molecule has 2 atom stereocenters. The number of anilines is 1. The second kappa shape index (κ2) is 6.34. The van der Waals surface area contributed by atoms with Gasteiger partial charge in [0.2, 0.25) is 5.91 Å². The van der Waals surface area contributed by atoms with Crippen molar-refractivity contribution >= 4 is 11.6 Å². The molecule has 21 heavy (non-hydrogen) atoms. The van der Waals surface area contributed by atoms with Crippen molar-refractivity contribution in [2.24, 2.45) is 17.6 Å². The molecule has 7 heteroatoms. The molecule has 1 aliphatic rings. The van der Waals surface area contributed by atoms with Crippen molar-refractivity contribution in [2.45, 2.75) is 25.6 Å². The fourth-order valence-electron chi connectivity index (χ4n) is 2.64. The number of hydrogen-bond acceptors (Lipinski definition) is 3. The van der Waals surface area contributed by atoms with Crippen LogP contribution < -0.4 is 15.8 Å². The predicted molar refractivity (Wildman–Crippen MR) is 71.6 cm³/mol. The normalized spacial score (nSPS) is 22.1. The number of nitrogens with two attached hydrogens (primary N) is 1. The summed E-state index contributed by atoms with van der Waals surface area (Å²) in [5.74, 6) is -0.396. The summed E-state index contributed by atoms with van der Waals surface area (Å²) in [5.41, 5.74) is 6.07. The molecule has 0 radical (unpaired) electrons. The summed E-state index contributed by atoms with van der Waals surface area (Å²) in [5, 5.41) is 2.71. The number of nitrogens with one attached hydrogen (secondary N) is 1. The molecule has 1 fully saturated rings. The van der Waals surface area contributed by atoms with Crippen molar-refractivity contribution in [3.05, 3.63) is 24.3 Å². The number of benzene rings is 1. The summed E-state index contributed by atoms with van der Waals surface area (Å²) in [6.07, 6.45) is -2.02. The quantitative estimate of drug-likeness (QED) is 0.899. The number of hydrogen-bond donors (Lipinski definition) is 2. The maximum atomic E-state index is 12.1. The van der Waals surface area contributed by atoms with E-state index in [0.717, 1.165) is 31.4 Å². The monoisotopic (exact) mass is 302 g/mol. The Kier molecular flexibility index (Phi) is 4.72. The smallest absolute Gasteiger partial charge is 0.406 e. The Labute approximate surface area is 120 Å². The molecular formula is C14H17F3N2O2. The Morgan fingerprint density at radius 1 is 1.29 bits per heavy atom. The van der Waals surface area contributed by atoms with Crippen LogP contribution in [0, 0.1) is 11.8 Å². The van der Waals surface area contributed by atoms with Crippen molar-refractivity contribution in [1.29, 1.82) is 0 Å². The zero-order valence-electron chi connectivity index (χ0n) is 11.3. The third kappa shape index (κ3) is 4.35. The van der Waals surface area contributed by atoms with Crippen molar-refractivity contribution < 1.29 is 22.7 Å². The Morgan fingerprint density at radius 3 is 2.52 bits per heavy atom. The predicted octanol–water partition coefficient (Wildman–Crippen LogP) is 2.90. The number of carbonyl (C=O) groups excluding carboxylic acids is 1. The van der Waals surface area contributed by atoms with Gasteiger partial charge in [-0.1, -0.05) is 6.42 Å². The van der Waals surface area contributed by atoms with Gasteiger partial charge in [0.1, 0.15) is 5.75 Å². The molecule has 0 spiro atoms. The van der Waals surface area contributed by atoms with E-state index >= 15 is 0 Å². The van der Waals surface area contributed by atoms with Crippen LogP contribution in [0.4, 0.5) is 18.9 Å². The molecule has 0 bridgehead atoms. The van der Waals surface area contributed by atoms with Gasteiger partial charge in [-0.3, -0.25) is 4.79 Å². The van der Waals surface area contributed by atoms with E-state index in [1.807, 2.05) is 0 Å². The Bertz CT molecular complexity index is 488. The topological polar surface area (TPSA) is 64.4 Å². The average Bonchev–Trinajstić information content (AvgIpc) is 2.87. The number of amides is 1. The van der Waals surface area contributed by atoms with Crippen LogP contribution in [0.3, 0.4) is 0 Å². The molecule has 0 saturated heterocycles. The lowest BCUT2D eigenvalue weighted by Gasteiger charge is -2.17. The number of alkyl halides is 3. The summed E-state index contributed by atoms with van der Waals surface area (Å²) in [4.78, 5) is 12.1. The first-order chi connectivity index (χ1) is 9.89. The molecule has 1 aromatic carbocycles. The third-order valence-corrected chi connectivity index (χ3v) is 3.65. The summed E-state index contributed by atoms with van der Waals surface area (Å²) in [7, 11) is 0. The van der Waals surface area contributed by atoms with Gasteiger partial charge in [0, 0.05) is 11.6 Å². The molecule has 3 N–H and O–H groups in total. The molecular weight excluding hydrogens is 285 g/mol. The zero-order chi connectivity index (χ0) is 15.5. The highest BCUT2D eigenvalue weighted by atomic mass is 19.4. The van der Waals surface area contributed by atoms with E-state index < -0.39 is 6.36 Å². The lowest BCUT2D eigenvalue weighted by atomic mass is 9.95. The van der Waals surface area contributed by atoms with E-state index in [-0.39, 0.29) is 23.5 Å². The molecule has 1 aliphatic carbocycles. The molecule has 1 aromatic rings. The van der Waals surface area contributed by atoms with E-state index in [1.54, 1.807) is 0 Å². The van der Waals surface area contributed by atoms with E-state index in [1.165, 1.54) is 12.1 Å². The first kappa shape index (κ1) is 15.6. The fraction of sp³-hybridized carbons (Fsp3) is 0.500. The number of ether oxygens (including phenoxy) is 1. The molecule has 0 aromatic heterocycles. The van der Waals surface area contributed by atoms with Gasteiger partial charge in [0.25, 0.3) is 0 Å². The average molecular weight is 302 g/mol. The number of rotatable bonds is 4. The maximum absolute atomic E-state index is 12.1. The standard InChI is InChI=1S/C14H17F3N2O2/c15-14(16,17)21-11-6-4-10(5-7-11)19-13(20)12-3-1-2-9(12)8-18/h4-7,9,12H,1-3,8,18H2,(H,19,20). The van der Waals surface area contributed by atoms with Crippen molar-refractivity contribution in [3.63, 3.8) is 0 Å². The summed E-state index contributed by atoms with van der Waals surface area (Å²) in [6.45, 7) is 0.469. The highest BCUT2D eigenvalue weighted by molar-refractivity contribution is 5.93. The number of halogens is 3. The molecule has 1 saturated carbocycles. The molecule has 0 heterocycles.